The van der Waals surface area contributed by atoms with Crippen LogP contribution < -0.4 is 21.9 Å². The highest BCUT2D eigenvalue weighted by molar-refractivity contribution is 5.98. The van der Waals surface area contributed by atoms with Gasteiger partial charge in [0.1, 0.15) is 6.54 Å². The van der Waals surface area contributed by atoms with Crippen LogP contribution in [0.15, 0.2) is 52.1 Å². The van der Waals surface area contributed by atoms with Gasteiger partial charge in [-0.1, -0.05) is 38.3 Å². The molecule has 0 bridgehead atoms. The molecule has 0 spiro atoms. The highest BCUT2D eigenvalue weighted by Crippen LogP contribution is 2.19. The van der Waals surface area contributed by atoms with Crippen LogP contribution in [0.1, 0.15) is 61.4 Å². The topological polar surface area (TPSA) is 120 Å². The fourth-order valence-electron chi connectivity index (χ4n) is 5.16. The molecule has 1 aliphatic rings. The van der Waals surface area contributed by atoms with E-state index in [9.17, 15) is 19.2 Å². The molecule has 1 aliphatic carbocycles. The molecule has 0 unspecified atom stereocenters. The second-order valence-corrected chi connectivity index (χ2v) is 9.99. The van der Waals surface area contributed by atoms with E-state index in [0.717, 1.165) is 35.9 Å². The summed E-state index contributed by atoms with van der Waals surface area (Å²) >= 11 is 0. The second kappa shape index (κ2) is 10.6. The maximum absolute atomic E-state index is 13.5. The Morgan fingerprint density at radius 2 is 1.84 bits per heavy atom. The van der Waals surface area contributed by atoms with Crippen molar-refractivity contribution in [3.8, 4) is 0 Å². The molecule has 2 N–H and O–H groups in total. The van der Waals surface area contributed by atoms with Crippen LogP contribution in [-0.4, -0.2) is 36.6 Å². The molecule has 1 fully saturated rings. The summed E-state index contributed by atoms with van der Waals surface area (Å²) in [7, 11) is 0. The van der Waals surface area contributed by atoms with E-state index in [1.165, 1.54) is 15.4 Å². The summed E-state index contributed by atoms with van der Waals surface area (Å²) in [5.41, 5.74) is 1.42. The molecule has 0 saturated heterocycles. The number of rotatable bonds is 7. The Morgan fingerprint density at radius 1 is 1.05 bits per heavy atom. The van der Waals surface area contributed by atoms with Crippen LogP contribution >= 0.6 is 0 Å². The second-order valence-electron chi connectivity index (χ2n) is 9.99. The summed E-state index contributed by atoms with van der Waals surface area (Å²) in [5.74, 6) is -0.507. The first-order valence-corrected chi connectivity index (χ1v) is 13.2. The maximum Gasteiger partial charge on any atom is 0.352 e. The van der Waals surface area contributed by atoms with E-state index < -0.39 is 11.6 Å². The molecule has 5 rings (SSSR count). The molecule has 0 atom stereocenters. The average molecular weight is 517 g/mol. The fraction of sp³-hybridized carbons (Fsp3) is 0.393. The first-order chi connectivity index (χ1) is 18.4. The van der Waals surface area contributed by atoms with Gasteiger partial charge in [0.05, 0.1) is 10.9 Å². The van der Waals surface area contributed by atoms with Crippen LogP contribution in [0.2, 0.25) is 0 Å². The molecule has 38 heavy (non-hydrogen) atoms. The van der Waals surface area contributed by atoms with E-state index in [0.29, 0.717) is 35.1 Å². The minimum atomic E-state index is -0.556. The predicted octanol–water partition coefficient (Wildman–Crippen LogP) is 3.23. The van der Waals surface area contributed by atoms with Crippen molar-refractivity contribution in [1.29, 1.82) is 0 Å². The number of carbonyl (C=O) groups excluding carboxylic acids is 2. The van der Waals surface area contributed by atoms with Crippen LogP contribution in [0.5, 0.6) is 0 Å². The molecule has 10 heteroatoms. The van der Waals surface area contributed by atoms with E-state index in [4.69, 9.17) is 0 Å². The Kier molecular flexibility index (Phi) is 7.13. The van der Waals surface area contributed by atoms with Gasteiger partial charge in [0.2, 0.25) is 11.7 Å². The van der Waals surface area contributed by atoms with Crippen LogP contribution in [0, 0.1) is 6.92 Å². The molecule has 2 aromatic carbocycles. The average Bonchev–Trinajstić information content (AvgIpc) is 3.22. The summed E-state index contributed by atoms with van der Waals surface area (Å²) in [6, 6.07) is 12.3. The molecule has 2 aromatic heterocycles. The van der Waals surface area contributed by atoms with Gasteiger partial charge in [-0.05, 0) is 62.1 Å². The number of hydrogen-bond acceptors (Lipinski definition) is 5. The van der Waals surface area contributed by atoms with Crippen molar-refractivity contribution >= 4 is 34.2 Å². The first-order valence-electron chi connectivity index (χ1n) is 13.2. The molecule has 0 radical (unpaired) electrons. The van der Waals surface area contributed by atoms with Crippen molar-refractivity contribution in [2.24, 2.45) is 0 Å². The van der Waals surface area contributed by atoms with Crippen LogP contribution in [0.25, 0.3) is 16.7 Å². The minimum Gasteiger partial charge on any atom is -0.349 e. The van der Waals surface area contributed by atoms with Crippen LogP contribution in [-0.2, 0) is 17.9 Å². The van der Waals surface area contributed by atoms with Crippen LogP contribution in [0.3, 0.4) is 0 Å². The van der Waals surface area contributed by atoms with Crippen molar-refractivity contribution < 1.29 is 9.59 Å². The summed E-state index contributed by atoms with van der Waals surface area (Å²) < 4.78 is 3.82. The Balaban J connectivity index is 1.55. The van der Waals surface area contributed by atoms with Crippen molar-refractivity contribution in [3.63, 3.8) is 0 Å². The molecule has 10 nitrogen and oxygen atoms in total. The molecule has 0 aliphatic heterocycles. The first kappa shape index (κ1) is 25.4. The zero-order valence-electron chi connectivity index (χ0n) is 21.7. The molecule has 198 valence electrons. The highest BCUT2D eigenvalue weighted by atomic mass is 16.2. The molecule has 2 amide bonds. The summed E-state index contributed by atoms with van der Waals surface area (Å²) in [5, 5.41) is 10.6. The molecule has 4 aromatic rings. The number of amides is 2. The Bertz CT molecular complexity index is 1640. The number of benzene rings is 2. The van der Waals surface area contributed by atoms with Gasteiger partial charge in [-0.2, -0.15) is 0 Å². The number of nitrogens with one attached hydrogen (secondary N) is 2. The van der Waals surface area contributed by atoms with Gasteiger partial charge in [-0.3, -0.25) is 19.0 Å². The molecular formula is C28H32N6O4. The number of nitrogens with zero attached hydrogens (tertiary/aromatic N) is 4. The number of carbonyl (C=O) groups is 2. The largest absolute Gasteiger partial charge is 0.352 e. The predicted molar refractivity (Wildman–Crippen MR) is 146 cm³/mol. The summed E-state index contributed by atoms with van der Waals surface area (Å²) in [6.45, 7) is 3.88. The lowest BCUT2D eigenvalue weighted by Crippen LogP contribution is -2.36. The van der Waals surface area contributed by atoms with E-state index in [-0.39, 0.29) is 29.8 Å². The lowest BCUT2D eigenvalue weighted by Gasteiger charge is -2.22. The number of aryl methyl sites for hydroxylation is 2. The third-order valence-corrected chi connectivity index (χ3v) is 7.02. The zero-order chi connectivity index (χ0) is 26.8. The normalized spacial score (nSPS) is 14.2. The SMILES string of the molecule is CCCn1c(=O)c2ccc(C(=O)NC3CCCCC3)cc2n2c(=O)n(CC(=O)Nc3cccc(C)c3)nc12. The Labute approximate surface area is 219 Å². The Morgan fingerprint density at radius 3 is 2.58 bits per heavy atom. The smallest absolute Gasteiger partial charge is 0.349 e. The maximum atomic E-state index is 13.5. The number of aromatic nitrogens is 4. The van der Waals surface area contributed by atoms with E-state index in [2.05, 4.69) is 15.7 Å². The summed E-state index contributed by atoms with van der Waals surface area (Å²) in [4.78, 5) is 52.7. The quantitative estimate of drug-likeness (QED) is 0.391. The Hall–Kier alpha value is -4.21. The van der Waals surface area contributed by atoms with E-state index in [1.807, 2.05) is 32.0 Å². The highest BCUT2D eigenvalue weighted by Gasteiger charge is 2.21. The van der Waals surface area contributed by atoms with Gasteiger partial charge in [0, 0.05) is 23.8 Å². The number of fused-ring (bicyclic) bond motifs is 3. The van der Waals surface area contributed by atoms with Gasteiger partial charge >= 0.3 is 5.69 Å². The molecule has 2 heterocycles. The third kappa shape index (κ3) is 4.98. The zero-order valence-corrected chi connectivity index (χ0v) is 21.7. The van der Waals surface area contributed by atoms with Gasteiger partial charge in [-0.15, -0.1) is 5.10 Å². The van der Waals surface area contributed by atoms with Crippen molar-refractivity contribution in [3.05, 3.63) is 74.4 Å². The van der Waals surface area contributed by atoms with Crippen molar-refractivity contribution in [2.75, 3.05) is 5.32 Å². The van der Waals surface area contributed by atoms with Crippen LogP contribution in [0.4, 0.5) is 5.69 Å². The molecular weight excluding hydrogens is 484 g/mol. The van der Waals surface area contributed by atoms with E-state index in [1.54, 1.807) is 24.3 Å². The lowest BCUT2D eigenvalue weighted by molar-refractivity contribution is -0.117. The monoisotopic (exact) mass is 516 g/mol. The van der Waals surface area contributed by atoms with Gasteiger partial charge < -0.3 is 10.6 Å². The van der Waals surface area contributed by atoms with Gasteiger partial charge in [-0.25, -0.2) is 13.9 Å². The molecule has 1 saturated carbocycles. The van der Waals surface area contributed by atoms with Gasteiger partial charge in [0.25, 0.3) is 11.5 Å². The summed E-state index contributed by atoms with van der Waals surface area (Å²) in [6.07, 6.45) is 5.90. The number of anilines is 1. The lowest BCUT2D eigenvalue weighted by atomic mass is 9.95. The van der Waals surface area contributed by atoms with Crippen molar-refractivity contribution in [2.45, 2.75) is 71.5 Å². The third-order valence-electron chi connectivity index (χ3n) is 7.02. The standard InChI is InChI=1S/C28H32N6O4/c1-3-14-32-26(37)22-13-12-19(25(36)30-20-9-5-4-6-10-20)16-23(22)34-27(32)31-33(28(34)38)17-24(35)29-21-11-7-8-18(2)15-21/h7-8,11-13,15-16,20H,3-6,9-10,14,17H2,1-2H3,(H,29,35)(H,30,36). The fourth-order valence-corrected chi connectivity index (χ4v) is 5.16. The minimum absolute atomic E-state index is 0.127. The van der Waals surface area contributed by atoms with Gasteiger partial charge in [0.15, 0.2) is 0 Å². The van der Waals surface area contributed by atoms with Crippen molar-refractivity contribution in [1.82, 2.24) is 24.1 Å². The van der Waals surface area contributed by atoms with E-state index >= 15 is 0 Å². The number of hydrogen-bond donors (Lipinski definition) is 2.